The van der Waals surface area contributed by atoms with Crippen molar-refractivity contribution < 1.29 is 18.7 Å². The van der Waals surface area contributed by atoms with Crippen molar-refractivity contribution in [1.82, 2.24) is 4.98 Å². The van der Waals surface area contributed by atoms with Gasteiger partial charge in [-0.15, -0.1) is 0 Å². The Morgan fingerprint density at radius 2 is 1.81 bits per heavy atom. The monoisotopic (exact) mass is 368 g/mol. The van der Waals surface area contributed by atoms with E-state index in [9.17, 15) is 18.8 Å². The van der Waals surface area contributed by atoms with E-state index in [0.717, 1.165) is 0 Å². The van der Waals surface area contributed by atoms with Gasteiger partial charge >= 0.3 is 5.97 Å². The van der Waals surface area contributed by atoms with Crippen LogP contribution >= 0.6 is 0 Å². The molecule has 0 fully saturated rings. The molecule has 0 spiro atoms. The number of pyridine rings is 1. The molecule has 1 aromatic heterocycles. The zero-order valence-corrected chi connectivity index (χ0v) is 14.7. The minimum absolute atomic E-state index is 0.0482. The third kappa shape index (κ3) is 3.87. The number of hydrogen-bond donors (Lipinski definition) is 2. The fourth-order valence-corrected chi connectivity index (χ4v) is 2.55. The van der Waals surface area contributed by atoms with Gasteiger partial charge in [0, 0.05) is 17.3 Å². The van der Waals surface area contributed by atoms with Crippen molar-refractivity contribution in [3.8, 4) is 0 Å². The molecule has 0 aliphatic carbocycles. The first-order valence-corrected chi connectivity index (χ1v) is 8.29. The van der Waals surface area contributed by atoms with Crippen LogP contribution in [-0.4, -0.2) is 23.0 Å². The molecule has 1 amide bonds. The topological polar surface area (TPSA) is 88.3 Å². The summed E-state index contributed by atoms with van der Waals surface area (Å²) in [4.78, 5) is 39.3. The average Bonchev–Trinajstić information content (AvgIpc) is 2.62. The van der Waals surface area contributed by atoms with Crippen LogP contribution in [-0.2, 0) is 4.74 Å². The van der Waals surface area contributed by atoms with Gasteiger partial charge in [-0.2, -0.15) is 0 Å². The van der Waals surface area contributed by atoms with E-state index in [1.807, 2.05) is 0 Å². The van der Waals surface area contributed by atoms with Crippen LogP contribution in [0.25, 0.3) is 10.9 Å². The minimum Gasteiger partial charge on any atom is -0.459 e. The first kappa shape index (κ1) is 18.3. The number of hydrogen-bond acceptors (Lipinski definition) is 4. The second-order valence-electron chi connectivity index (χ2n) is 6.18. The Labute approximate surface area is 154 Å². The van der Waals surface area contributed by atoms with Gasteiger partial charge in [0.25, 0.3) is 5.91 Å². The molecule has 0 aliphatic heterocycles. The van der Waals surface area contributed by atoms with Crippen molar-refractivity contribution >= 4 is 28.5 Å². The molecule has 0 radical (unpaired) electrons. The van der Waals surface area contributed by atoms with Gasteiger partial charge in [-0.3, -0.25) is 9.59 Å². The molecule has 0 atom stereocenters. The van der Waals surface area contributed by atoms with Crippen molar-refractivity contribution in [3.05, 3.63) is 75.8 Å². The molecule has 0 aliphatic rings. The number of esters is 1. The SMILES string of the molecule is CC(C)OC(=O)c1ccc(NC(=O)c2c[nH]c3c(F)cccc3c2=O)cc1. The number of carbonyl (C=O) groups is 2. The summed E-state index contributed by atoms with van der Waals surface area (Å²) in [6.07, 6.45) is 0.943. The fourth-order valence-electron chi connectivity index (χ4n) is 2.55. The van der Waals surface area contributed by atoms with Crippen molar-refractivity contribution in [2.24, 2.45) is 0 Å². The maximum absolute atomic E-state index is 13.7. The highest BCUT2D eigenvalue weighted by molar-refractivity contribution is 6.05. The lowest BCUT2D eigenvalue weighted by atomic mass is 10.1. The number of anilines is 1. The summed E-state index contributed by atoms with van der Waals surface area (Å²) < 4.78 is 18.8. The number of benzene rings is 2. The quantitative estimate of drug-likeness (QED) is 0.690. The second kappa shape index (κ2) is 7.41. The maximum Gasteiger partial charge on any atom is 0.338 e. The lowest BCUT2D eigenvalue weighted by Crippen LogP contribution is -2.22. The molecule has 2 N–H and O–H groups in total. The van der Waals surface area contributed by atoms with Gasteiger partial charge in [-0.25, -0.2) is 9.18 Å². The molecule has 6 nitrogen and oxygen atoms in total. The van der Waals surface area contributed by atoms with Crippen molar-refractivity contribution in [2.45, 2.75) is 20.0 Å². The van der Waals surface area contributed by atoms with Crippen molar-refractivity contribution in [2.75, 3.05) is 5.32 Å². The number of para-hydroxylation sites is 1. The largest absolute Gasteiger partial charge is 0.459 e. The van der Waals surface area contributed by atoms with E-state index in [4.69, 9.17) is 4.74 Å². The number of aromatic amines is 1. The Bertz CT molecular complexity index is 1070. The van der Waals surface area contributed by atoms with Crippen LogP contribution in [0.5, 0.6) is 0 Å². The highest BCUT2D eigenvalue weighted by atomic mass is 19.1. The third-order valence-corrected chi connectivity index (χ3v) is 3.83. The Hall–Kier alpha value is -3.48. The number of H-pyrrole nitrogens is 1. The van der Waals surface area contributed by atoms with E-state index in [2.05, 4.69) is 10.3 Å². The predicted molar refractivity (Wildman–Crippen MR) is 99.5 cm³/mol. The van der Waals surface area contributed by atoms with Gasteiger partial charge in [-0.1, -0.05) is 6.07 Å². The summed E-state index contributed by atoms with van der Waals surface area (Å²) in [5, 5.41) is 2.67. The minimum atomic E-state index is -0.639. The molecule has 2 aromatic carbocycles. The van der Waals surface area contributed by atoms with Crippen LogP contribution in [0.2, 0.25) is 0 Å². The summed E-state index contributed by atoms with van der Waals surface area (Å²) in [5.41, 5.74) is 0.0851. The van der Waals surface area contributed by atoms with Gasteiger partial charge < -0.3 is 15.0 Å². The number of halogens is 1. The molecule has 138 valence electrons. The molecule has 0 saturated heterocycles. The molecule has 0 bridgehead atoms. The number of ether oxygens (including phenoxy) is 1. The molecular formula is C20H17FN2O4. The summed E-state index contributed by atoms with van der Waals surface area (Å²) in [6.45, 7) is 3.50. The number of carbonyl (C=O) groups excluding carboxylic acids is 2. The fraction of sp³-hybridized carbons (Fsp3) is 0.150. The molecule has 3 aromatic rings. The molecule has 0 unspecified atom stereocenters. The Kier molecular flexibility index (Phi) is 5.03. The molecule has 27 heavy (non-hydrogen) atoms. The maximum atomic E-state index is 13.7. The summed E-state index contributed by atoms with van der Waals surface area (Å²) in [6, 6.07) is 10.2. The zero-order valence-electron chi connectivity index (χ0n) is 14.7. The van der Waals surface area contributed by atoms with E-state index < -0.39 is 23.1 Å². The first-order valence-electron chi connectivity index (χ1n) is 8.29. The van der Waals surface area contributed by atoms with Crippen LogP contribution in [0.4, 0.5) is 10.1 Å². The van der Waals surface area contributed by atoms with E-state index in [0.29, 0.717) is 11.3 Å². The van der Waals surface area contributed by atoms with Gasteiger partial charge in [-0.05, 0) is 50.2 Å². The van der Waals surface area contributed by atoms with E-state index in [-0.39, 0.29) is 22.6 Å². The predicted octanol–water partition coefficient (Wildman–Crippen LogP) is 3.48. The van der Waals surface area contributed by atoms with Crippen molar-refractivity contribution in [1.29, 1.82) is 0 Å². The Morgan fingerprint density at radius 1 is 1.11 bits per heavy atom. The summed E-state index contributed by atoms with van der Waals surface area (Å²) in [5.74, 6) is -1.67. The standard InChI is InChI=1S/C20H17FN2O4/c1-11(2)27-20(26)12-6-8-13(9-7-12)23-19(25)15-10-22-17-14(18(15)24)4-3-5-16(17)21/h3-11H,1-2H3,(H,22,24)(H,23,25). The van der Waals surface area contributed by atoms with E-state index >= 15 is 0 Å². The van der Waals surface area contributed by atoms with Crippen molar-refractivity contribution in [3.63, 3.8) is 0 Å². The summed E-state index contributed by atoms with van der Waals surface area (Å²) >= 11 is 0. The smallest absolute Gasteiger partial charge is 0.338 e. The second-order valence-corrected chi connectivity index (χ2v) is 6.18. The lowest BCUT2D eigenvalue weighted by Gasteiger charge is -2.09. The van der Waals surface area contributed by atoms with Crippen LogP contribution < -0.4 is 10.7 Å². The Balaban J connectivity index is 1.82. The molecule has 1 heterocycles. The van der Waals surface area contributed by atoms with Crippen LogP contribution in [0.1, 0.15) is 34.6 Å². The van der Waals surface area contributed by atoms with Gasteiger partial charge in [0.05, 0.1) is 17.2 Å². The summed E-state index contributed by atoms with van der Waals surface area (Å²) in [7, 11) is 0. The van der Waals surface area contributed by atoms with Crippen LogP contribution in [0.15, 0.2) is 53.5 Å². The van der Waals surface area contributed by atoms with E-state index in [1.165, 1.54) is 48.7 Å². The third-order valence-electron chi connectivity index (χ3n) is 3.83. The normalized spacial score (nSPS) is 10.8. The Morgan fingerprint density at radius 3 is 2.48 bits per heavy atom. The van der Waals surface area contributed by atoms with Crippen LogP contribution in [0.3, 0.4) is 0 Å². The van der Waals surface area contributed by atoms with Crippen LogP contribution in [0, 0.1) is 5.82 Å². The molecular weight excluding hydrogens is 351 g/mol. The van der Waals surface area contributed by atoms with Gasteiger partial charge in [0.1, 0.15) is 11.4 Å². The van der Waals surface area contributed by atoms with Gasteiger partial charge in [0.2, 0.25) is 5.43 Å². The number of aromatic nitrogens is 1. The zero-order chi connectivity index (χ0) is 19.6. The number of rotatable bonds is 4. The lowest BCUT2D eigenvalue weighted by molar-refractivity contribution is 0.0378. The highest BCUT2D eigenvalue weighted by Gasteiger charge is 2.15. The molecule has 0 saturated carbocycles. The molecule has 7 heteroatoms. The van der Waals surface area contributed by atoms with E-state index in [1.54, 1.807) is 13.8 Å². The first-order chi connectivity index (χ1) is 12.9. The molecule has 3 rings (SSSR count). The number of fused-ring (bicyclic) bond motifs is 1. The number of amides is 1. The number of nitrogens with one attached hydrogen (secondary N) is 2. The van der Waals surface area contributed by atoms with Gasteiger partial charge in [0.15, 0.2) is 0 Å². The average molecular weight is 368 g/mol. The highest BCUT2D eigenvalue weighted by Crippen LogP contribution is 2.15.